The second kappa shape index (κ2) is 5.16. The normalized spacial score (nSPS) is 11.3. The number of alkyl halides is 1. The Kier molecular flexibility index (Phi) is 3.46. The molecular weight excluding hydrogens is 362 g/mol. The molecule has 0 aliphatic carbocycles. The van der Waals surface area contributed by atoms with Crippen molar-refractivity contribution in [3.05, 3.63) is 54.2 Å². The monoisotopic (exact) mass is 369 g/mol. The predicted octanol–water partition coefficient (Wildman–Crippen LogP) is 1.58. The zero-order valence-electron chi connectivity index (χ0n) is 10.6. The Morgan fingerprint density at radius 1 is 1.14 bits per heavy atom. The average molecular weight is 371 g/mol. The first-order chi connectivity index (χ1) is 10.0. The van der Waals surface area contributed by atoms with E-state index in [2.05, 4.69) is 26.1 Å². The standard InChI is InChI=1S/C13H9BrClN3O3/c14-3-4-18-8-5-6(15)1-2-7(8)11(19)9-10(18)13(21)17-16-12(9)20/h1-2,5H,3-4H2,(H,16,20)(H,17,21). The third kappa shape index (κ3) is 2.13. The molecule has 0 amide bonds. The fraction of sp³-hybridized carbons (Fsp3) is 0.154. The molecule has 21 heavy (non-hydrogen) atoms. The summed E-state index contributed by atoms with van der Waals surface area (Å²) in [6.07, 6.45) is 0. The molecule has 8 heteroatoms. The Morgan fingerprint density at radius 2 is 1.86 bits per heavy atom. The van der Waals surface area contributed by atoms with Crippen molar-refractivity contribution in [2.45, 2.75) is 6.54 Å². The molecule has 0 aliphatic rings. The van der Waals surface area contributed by atoms with Crippen LogP contribution in [0.5, 0.6) is 0 Å². The summed E-state index contributed by atoms with van der Waals surface area (Å²) in [6, 6.07) is 4.75. The number of nitrogens with zero attached hydrogens (tertiary/aromatic N) is 1. The molecule has 2 aromatic heterocycles. The Bertz CT molecular complexity index is 1030. The number of aromatic nitrogens is 3. The van der Waals surface area contributed by atoms with Crippen LogP contribution in [0.25, 0.3) is 21.8 Å². The van der Waals surface area contributed by atoms with Crippen LogP contribution in [-0.2, 0) is 6.54 Å². The van der Waals surface area contributed by atoms with E-state index in [9.17, 15) is 14.4 Å². The molecule has 0 spiro atoms. The summed E-state index contributed by atoms with van der Waals surface area (Å²) in [7, 11) is 0. The highest BCUT2D eigenvalue weighted by atomic mass is 79.9. The summed E-state index contributed by atoms with van der Waals surface area (Å²) in [4.78, 5) is 36.5. The minimum atomic E-state index is -0.616. The zero-order chi connectivity index (χ0) is 15.1. The van der Waals surface area contributed by atoms with Crippen molar-refractivity contribution in [1.82, 2.24) is 14.8 Å². The molecule has 108 valence electrons. The van der Waals surface area contributed by atoms with Gasteiger partial charge >= 0.3 is 0 Å². The Morgan fingerprint density at radius 3 is 2.57 bits per heavy atom. The third-order valence-corrected chi connectivity index (χ3v) is 3.86. The fourth-order valence-electron chi connectivity index (χ4n) is 2.42. The smallest absolute Gasteiger partial charge is 0.287 e. The molecule has 3 aromatic rings. The summed E-state index contributed by atoms with van der Waals surface area (Å²) in [6.45, 7) is 0.417. The summed E-state index contributed by atoms with van der Waals surface area (Å²) >= 11 is 9.29. The van der Waals surface area contributed by atoms with Gasteiger partial charge in [-0.1, -0.05) is 27.5 Å². The molecular formula is C13H9BrClN3O3. The number of aryl methyl sites for hydroxylation is 1. The lowest BCUT2D eigenvalue weighted by atomic mass is 10.1. The molecule has 0 fully saturated rings. The lowest BCUT2D eigenvalue weighted by Gasteiger charge is -2.12. The van der Waals surface area contributed by atoms with E-state index in [0.29, 0.717) is 27.8 Å². The summed E-state index contributed by atoms with van der Waals surface area (Å²) < 4.78 is 1.63. The van der Waals surface area contributed by atoms with Gasteiger partial charge in [0.05, 0.1) is 5.52 Å². The molecule has 0 radical (unpaired) electrons. The van der Waals surface area contributed by atoms with E-state index in [1.54, 1.807) is 22.8 Å². The van der Waals surface area contributed by atoms with E-state index in [1.807, 2.05) is 0 Å². The number of H-pyrrole nitrogens is 2. The van der Waals surface area contributed by atoms with Crippen LogP contribution in [0.1, 0.15) is 0 Å². The number of hydrogen-bond acceptors (Lipinski definition) is 3. The molecule has 0 aliphatic heterocycles. The molecule has 2 heterocycles. The quantitative estimate of drug-likeness (QED) is 0.530. The fourth-order valence-corrected chi connectivity index (χ4v) is 2.94. The van der Waals surface area contributed by atoms with Gasteiger partial charge in [0.2, 0.25) is 5.43 Å². The topological polar surface area (TPSA) is 87.7 Å². The maximum absolute atomic E-state index is 12.5. The Labute approximate surface area is 130 Å². The van der Waals surface area contributed by atoms with Crippen LogP contribution in [0.15, 0.2) is 32.6 Å². The minimum absolute atomic E-state index is 0.0537. The molecule has 0 atom stereocenters. The molecule has 3 rings (SSSR count). The molecule has 0 bridgehead atoms. The Balaban J connectivity index is 2.74. The first-order valence-electron chi connectivity index (χ1n) is 6.07. The van der Waals surface area contributed by atoms with E-state index in [1.165, 1.54) is 0 Å². The molecule has 1 aromatic carbocycles. The number of pyridine rings is 1. The lowest BCUT2D eigenvalue weighted by Crippen LogP contribution is -2.28. The maximum Gasteiger partial charge on any atom is 0.287 e. The molecule has 0 saturated heterocycles. The lowest BCUT2D eigenvalue weighted by molar-refractivity contribution is 0.821. The van der Waals surface area contributed by atoms with Crippen molar-refractivity contribution in [3.8, 4) is 0 Å². The minimum Gasteiger partial charge on any atom is -0.335 e. The number of halogens is 2. The largest absolute Gasteiger partial charge is 0.335 e. The third-order valence-electron chi connectivity index (χ3n) is 3.27. The molecule has 0 saturated carbocycles. The second-order valence-corrected chi connectivity index (χ2v) is 5.69. The highest BCUT2D eigenvalue weighted by Gasteiger charge is 2.16. The van der Waals surface area contributed by atoms with Crippen LogP contribution in [0.4, 0.5) is 0 Å². The number of aromatic amines is 2. The number of hydrogen-bond donors (Lipinski definition) is 2. The first-order valence-corrected chi connectivity index (χ1v) is 7.57. The zero-order valence-corrected chi connectivity index (χ0v) is 12.9. The summed E-state index contributed by atoms with van der Waals surface area (Å²) in [5.74, 6) is 0. The van der Waals surface area contributed by atoms with Gasteiger partial charge in [0, 0.05) is 22.3 Å². The van der Waals surface area contributed by atoms with Gasteiger partial charge in [-0.05, 0) is 18.2 Å². The summed E-state index contributed by atoms with van der Waals surface area (Å²) in [5, 5.41) is 5.64. The predicted molar refractivity (Wildman–Crippen MR) is 85.8 cm³/mol. The van der Waals surface area contributed by atoms with Gasteiger partial charge in [0.1, 0.15) is 10.9 Å². The van der Waals surface area contributed by atoms with E-state index in [4.69, 9.17) is 11.6 Å². The Hall–Kier alpha value is -1.86. The SMILES string of the molecule is O=c1[nH][nH]c(=O)c2c1c(=O)c1ccc(Cl)cc1n2CCBr. The number of rotatable bonds is 2. The van der Waals surface area contributed by atoms with E-state index in [0.717, 1.165) is 0 Å². The van der Waals surface area contributed by atoms with E-state index >= 15 is 0 Å². The van der Waals surface area contributed by atoms with Gasteiger partial charge in [-0.15, -0.1) is 0 Å². The van der Waals surface area contributed by atoms with Gasteiger partial charge < -0.3 is 4.57 Å². The van der Waals surface area contributed by atoms with E-state index < -0.39 is 16.5 Å². The average Bonchev–Trinajstić information content (AvgIpc) is 2.46. The van der Waals surface area contributed by atoms with Crippen LogP contribution >= 0.6 is 27.5 Å². The van der Waals surface area contributed by atoms with Crippen molar-refractivity contribution < 1.29 is 0 Å². The van der Waals surface area contributed by atoms with Gasteiger partial charge in [-0.2, -0.15) is 0 Å². The second-order valence-electron chi connectivity index (χ2n) is 4.46. The summed E-state index contributed by atoms with van der Waals surface area (Å²) in [5.41, 5.74) is -1.04. The molecule has 2 N–H and O–H groups in total. The van der Waals surface area contributed by atoms with Crippen LogP contribution in [0, 0.1) is 0 Å². The van der Waals surface area contributed by atoms with Crippen LogP contribution in [0.2, 0.25) is 5.02 Å². The van der Waals surface area contributed by atoms with E-state index in [-0.39, 0.29) is 10.9 Å². The van der Waals surface area contributed by atoms with Crippen LogP contribution < -0.4 is 16.5 Å². The van der Waals surface area contributed by atoms with Crippen LogP contribution in [0.3, 0.4) is 0 Å². The van der Waals surface area contributed by atoms with Crippen molar-refractivity contribution in [2.24, 2.45) is 0 Å². The number of benzene rings is 1. The van der Waals surface area contributed by atoms with Crippen molar-refractivity contribution in [3.63, 3.8) is 0 Å². The van der Waals surface area contributed by atoms with Gasteiger partial charge in [0.15, 0.2) is 0 Å². The van der Waals surface area contributed by atoms with Crippen LogP contribution in [-0.4, -0.2) is 20.1 Å². The number of fused-ring (bicyclic) bond motifs is 2. The first kappa shape index (κ1) is 14.1. The van der Waals surface area contributed by atoms with Gasteiger partial charge in [0.25, 0.3) is 11.1 Å². The number of nitrogens with one attached hydrogen (secondary N) is 2. The van der Waals surface area contributed by atoms with Gasteiger partial charge in [-0.3, -0.25) is 24.6 Å². The molecule has 6 nitrogen and oxygen atoms in total. The van der Waals surface area contributed by atoms with Gasteiger partial charge in [-0.25, -0.2) is 0 Å². The van der Waals surface area contributed by atoms with Crippen molar-refractivity contribution >= 4 is 49.3 Å². The highest BCUT2D eigenvalue weighted by molar-refractivity contribution is 9.09. The van der Waals surface area contributed by atoms with Crippen molar-refractivity contribution in [1.29, 1.82) is 0 Å². The highest BCUT2D eigenvalue weighted by Crippen LogP contribution is 2.19. The molecule has 0 unspecified atom stereocenters. The maximum atomic E-state index is 12.5. The van der Waals surface area contributed by atoms with Crippen molar-refractivity contribution in [2.75, 3.05) is 5.33 Å².